The number of amides is 1. The van der Waals surface area contributed by atoms with Gasteiger partial charge in [0, 0.05) is 29.2 Å². The van der Waals surface area contributed by atoms with E-state index in [0.29, 0.717) is 27.9 Å². The van der Waals surface area contributed by atoms with E-state index in [-0.39, 0.29) is 12.5 Å². The van der Waals surface area contributed by atoms with Crippen LogP contribution >= 0.6 is 11.6 Å². The molecule has 0 saturated carbocycles. The fourth-order valence-electron chi connectivity index (χ4n) is 2.95. The molecule has 9 heteroatoms. The number of carbonyl (C=O) groups excluding carboxylic acids is 1. The Kier molecular flexibility index (Phi) is 6.21. The first kappa shape index (κ1) is 20.5. The topological polar surface area (TPSA) is 105 Å². The molecule has 1 atom stereocenters. The average Bonchev–Trinajstić information content (AvgIpc) is 3.29. The molecule has 0 aliphatic heterocycles. The van der Waals surface area contributed by atoms with Crippen LogP contribution in [0.5, 0.6) is 0 Å². The van der Waals surface area contributed by atoms with E-state index in [1.54, 1.807) is 42.7 Å². The minimum atomic E-state index is -0.588. The first-order valence-corrected chi connectivity index (χ1v) is 9.87. The molecule has 0 radical (unpaired) electrons. The Hall–Kier alpha value is -3.75. The van der Waals surface area contributed by atoms with Gasteiger partial charge in [-0.1, -0.05) is 41.9 Å². The van der Waals surface area contributed by atoms with Crippen molar-refractivity contribution in [1.29, 1.82) is 0 Å². The number of carbonyl (C=O) groups is 1. The molecule has 3 N–H and O–H groups in total. The molecule has 2 aromatic heterocycles. The summed E-state index contributed by atoms with van der Waals surface area (Å²) in [7, 11) is 0. The van der Waals surface area contributed by atoms with Gasteiger partial charge in [0.2, 0.25) is 5.95 Å². The molecule has 8 nitrogen and oxygen atoms in total. The second-order valence-corrected chi connectivity index (χ2v) is 7.10. The highest BCUT2D eigenvalue weighted by Gasteiger charge is 2.17. The maximum absolute atomic E-state index is 12.7. The van der Waals surface area contributed by atoms with E-state index in [2.05, 4.69) is 25.7 Å². The predicted molar refractivity (Wildman–Crippen MR) is 118 cm³/mol. The van der Waals surface area contributed by atoms with Crippen LogP contribution < -0.4 is 10.6 Å². The third-order valence-corrected chi connectivity index (χ3v) is 4.72. The first-order chi connectivity index (χ1) is 15.1. The summed E-state index contributed by atoms with van der Waals surface area (Å²) in [6.07, 6.45) is 4.61. The average molecular weight is 435 g/mol. The summed E-state index contributed by atoms with van der Waals surface area (Å²) in [5.74, 6) is 0.537. The van der Waals surface area contributed by atoms with Gasteiger partial charge in [-0.25, -0.2) is 9.67 Å². The minimum Gasteiger partial charge on any atom is -0.394 e. The number of hydrogen-bond acceptors (Lipinski definition) is 6. The number of aliphatic hydroxyl groups excluding tert-OH is 1. The lowest BCUT2D eigenvalue weighted by molar-refractivity contribution is 0.0916. The molecule has 1 amide bonds. The molecule has 0 aliphatic carbocycles. The molecular weight excluding hydrogens is 416 g/mol. The molecule has 0 aliphatic rings. The predicted octanol–water partition coefficient (Wildman–Crippen LogP) is 3.52. The van der Waals surface area contributed by atoms with Crippen LogP contribution in [0.25, 0.3) is 5.82 Å². The third kappa shape index (κ3) is 5.06. The quantitative estimate of drug-likeness (QED) is 0.411. The Labute approximate surface area is 183 Å². The third-order valence-electron chi connectivity index (χ3n) is 4.49. The number of aromatic nitrogens is 4. The summed E-state index contributed by atoms with van der Waals surface area (Å²) in [6.45, 7) is -0.263. The summed E-state index contributed by atoms with van der Waals surface area (Å²) in [5, 5.41) is 20.4. The Morgan fingerprint density at radius 1 is 1.13 bits per heavy atom. The largest absolute Gasteiger partial charge is 0.394 e. The number of benzene rings is 2. The van der Waals surface area contributed by atoms with Gasteiger partial charge in [-0.05, 0) is 29.8 Å². The Morgan fingerprint density at radius 3 is 2.74 bits per heavy atom. The zero-order valence-corrected chi connectivity index (χ0v) is 17.1. The fraction of sp³-hybridized carbons (Fsp3) is 0.0909. The van der Waals surface area contributed by atoms with Crippen LogP contribution in [0.4, 0.5) is 11.6 Å². The van der Waals surface area contributed by atoms with E-state index in [0.717, 1.165) is 5.69 Å². The highest BCUT2D eigenvalue weighted by molar-refractivity contribution is 6.30. The fourth-order valence-corrected chi connectivity index (χ4v) is 3.15. The van der Waals surface area contributed by atoms with E-state index < -0.39 is 6.04 Å². The number of hydrogen-bond donors (Lipinski definition) is 3. The van der Waals surface area contributed by atoms with Crippen molar-refractivity contribution in [2.24, 2.45) is 0 Å². The molecule has 31 heavy (non-hydrogen) atoms. The van der Waals surface area contributed by atoms with Crippen molar-refractivity contribution in [2.75, 3.05) is 11.9 Å². The molecule has 2 heterocycles. The Morgan fingerprint density at radius 2 is 1.97 bits per heavy atom. The molecule has 2 aromatic carbocycles. The van der Waals surface area contributed by atoms with E-state index in [1.165, 1.54) is 10.9 Å². The number of para-hydroxylation sites is 1. The summed E-state index contributed by atoms with van der Waals surface area (Å²) in [4.78, 5) is 21.3. The van der Waals surface area contributed by atoms with Crippen LogP contribution in [0.1, 0.15) is 22.0 Å². The number of halogens is 1. The molecule has 0 bridgehead atoms. The summed E-state index contributed by atoms with van der Waals surface area (Å²) in [6, 6.07) is 17.6. The summed E-state index contributed by atoms with van der Waals surface area (Å²) < 4.78 is 1.49. The van der Waals surface area contributed by atoms with Crippen LogP contribution in [0.15, 0.2) is 79.3 Å². The zero-order chi connectivity index (χ0) is 21.6. The van der Waals surface area contributed by atoms with Gasteiger partial charge in [0.25, 0.3) is 5.91 Å². The van der Waals surface area contributed by atoms with Gasteiger partial charge < -0.3 is 15.7 Å². The van der Waals surface area contributed by atoms with Crippen molar-refractivity contribution in [3.63, 3.8) is 0 Å². The van der Waals surface area contributed by atoms with E-state index >= 15 is 0 Å². The van der Waals surface area contributed by atoms with Gasteiger partial charge in [0.15, 0.2) is 5.82 Å². The van der Waals surface area contributed by atoms with Crippen LogP contribution in [-0.4, -0.2) is 37.4 Å². The molecule has 0 spiro atoms. The molecule has 0 saturated heterocycles. The first-order valence-electron chi connectivity index (χ1n) is 9.50. The highest BCUT2D eigenvalue weighted by atomic mass is 35.5. The molecule has 4 rings (SSSR count). The Balaban J connectivity index is 1.49. The number of rotatable bonds is 7. The van der Waals surface area contributed by atoms with Gasteiger partial charge in [0.1, 0.15) is 0 Å². The van der Waals surface area contributed by atoms with Crippen LogP contribution in [0.3, 0.4) is 0 Å². The van der Waals surface area contributed by atoms with Crippen LogP contribution in [0, 0.1) is 0 Å². The van der Waals surface area contributed by atoms with Crippen LogP contribution in [0.2, 0.25) is 5.02 Å². The molecule has 4 aromatic rings. The van der Waals surface area contributed by atoms with Crippen molar-refractivity contribution < 1.29 is 9.90 Å². The van der Waals surface area contributed by atoms with E-state index in [1.807, 2.05) is 30.3 Å². The van der Waals surface area contributed by atoms with Gasteiger partial charge in [-0.2, -0.15) is 10.1 Å². The van der Waals surface area contributed by atoms with Crippen molar-refractivity contribution in [2.45, 2.75) is 6.04 Å². The maximum Gasteiger partial charge on any atom is 0.255 e. The SMILES string of the molecule is O=C(N[C@H](CO)c1cccc(Cl)c1)c1cnn(-c2ccnc(Nc3ccccc3)n2)c1. The van der Waals surface area contributed by atoms with Crippen molar-refractivity contribution in [1.82, 2.24) is 25.1 Å². The van der Waals surface area contributed by atoms with Crippen molar-refractivity contribution in [3.8, 4) is 5.82 Å². The van der Waals surface area contributed by atoms with E-state index in [4.69, 9.17) is 11.6 Å². The number of nitrogens with zero attached hydrogens (tertiary/aromatic N) is 4. The van der Waals surface area contributed by atoms with Gasteiger partial charge in [0.05, 0.1) is 24.4 Å². The number of nitrogens with one attached hydrogen (secondary N) is 2. The molecule has 156 valence electrons. The maximum atomic E-state index is 12.7. The molecule has 0 fully saturated rings. The van der Waals surface area contributed by atoms with Gasteiger partial charge in [-0.3, -0.25) is 4.79 Å². The van der Waals surface area contributed by atoms with Crippen molar-refractivity contribution >= 4 is 29.1 Å². The second kappa shape index (κ2) is 9.38. The number of aliphatic hydroxyl groups is 1. The number of anilines is 2. The Bertz CT molecular complexity index is 1180. The van der Waals surface area contributed by atoms with Crippen LogP contribution in [-0.2, 0) is 0 Å². The summed E-state index contributed by atoms with van der Waals surface area (Å²) in [5.41, 5.74) is 1.90. The zero-order valence-electron chi connectivity index (χ0n) is 16.3. The normalized spacial score (nSPS) is 11.7. The monoisotopic (exact) mass is 434 g/mol. The molecule has 0 unspecified atom stereocenters. The smallest absolute Gasteiger partial charge is 0.255 e. The van der Waals surface area contributed by atoms with Gasteiger partial charge >= 0.3 is 0 Å². The van der Waals surface area contributed by atoms with Gasteiger partial charge in [-0.15, -0.1) is 0 Å². The van der Waals surface area contributed by atoms with E-state index in [9.17, 15) is 9.90 Å². The highest BCUT2D eigenvalue weighted by Crippen LogP contribution is 2.18. The second-order valence-electron chi connectivity index (χ2n) is 6.67. The lowest BCUT2D eigenvalue weighted by Crippen LogP contribution is -2.30. The summed E-state index contributed by atoms with van der Waals surface area (Å²) >= 11 is 6.01. The minimum absolute atomic E-state index is 0.263. The van der Waals surface area contributed by atoms with Crippen molar-refractivity contribution in [3.05, 3.63) is 95.4 Å². The standard InChI is InChI=1S/C22H19ClN6O2/c23-17-6-4-5-15(11-17)19(14-30)27-21(31)16-12-25-29(13-16)20-9-10-24-22(28-20)26-18-7-2-1-3-8-18/h1-13,19,30H,14H2,(H,27,31)(H,24,26,28)/t19-/m1/s1. The molecular formula is C22H19ClN6O2. The lowest BCUT2D eigenvalue weighted by Gasteiger charge is -2.16. The lowest BCUT2D eigenvalue weighted by atomic mass is 10.1.